The van der Waals surface area contributed by atoms with Crippen molar-refractivity contribution >= 4 is 22.5 Å². The lowest BCUT2D eigenvalue weighted by molar-refractivity contribution is -0.120. The minimum atomic E-state index is -0.294. The summed E-state index contributed by atoms with van der Waals surface area (Å²) in [6.07, 6.45) is 9.20. The van der Waals surface area contributed by atoms with Gasteiger partial charge in [-0.1, -0.05) is 6.92 Å². The Balaban J connectivity index is 1.04. The average molecular weight is 465 g/mol. The molecule has 34 heavy (non-hydrogen) atoms. The molecule has 3 heterocycles. The highest BCUT2D eigenvalue weighted by Gasteiger charge is 2.59. The van der Waals surface area contributed by atoms with E-state index in [9.17, 15) is 9.18 Å². The lowest BCUT2D eigenvalue weighted by Crippen LogP contribution is -2.25. The maximum absolute atomic E-state index is 13.7. The molecule has 1 aromatic carbocycles. The van der Waals surface area contributed by atoms with E-state index in [0.717, 1.165) is 50.1 Å². The van der Waals surface area contributed by atoms with Crippen molar-refractivity contribution in [3.63, 3.8) is 0 Å². The average Bonchev–Trinajstić information content (AvgIpc) is 3.15. The third kappa shape index (κ3) is 4.04. The van der Waals surface area contributed by atoms with Crippen LogP contribution in [0.4, 0.5) is 10.1 Å². The standard InChI is InChI=1S/C26H29FN4O3/c1-15(26(32)30-17-13-29-31(14-17)18-5-8-33-9-6-18)25-20-11-19(12-21(20)25)34-24-4-7-28-23-3-2-16(27)10-22(23)24/h2-4,7,10,13-15,18-21,25H,5-6,8-9,11-12H2,1H3,(H,30,32). The Kier molecular flexibility index (Phi) is 5.48. The maximum Gasteiger partial charge on any atom is 0.227 e. The Morgan fingerprint density at radius 2 is 2.03 bits per heavy atom. The number of aromatic nitrogens is 3. The minimum Gasteiger partial charge on any atom is -0.490 e. The van der Waals surface area contributed by atoms with Gasteiger partial charge in [-0.05, 0) is 67.7 Å². The molecule has 178 valence electrons. The summed E-state index contributed by atoms with van der Waals surface area (Å²) in [6, 6.07) is 6.71. The Bertz CT molecular complexity index is 1200. The summed E-state index contributed by atoms with van der Waals surface area (Å²) < 4.78 is 27.4. The summed E-state index contributed by atoms with van der Waals surface area (Å²) in [5.41, 5.74) is 1.48. The first-order chi connectivity index (χ1) is 16.6. The molecule has 2 saturated carbocycles. The first-order valence-electron chi connectivity index (χ1n) is 12.2. The largest absolute Gasteiger partial charge is 0.490 e. The Labute approximate surface area is 197 Å². The number of halogens is 1. The van der Waals surface area contributed by atoms with E-state index in [1.54, 1.807) is 24.5 Å². The lowest BCUT2D eigenvalue weighted by atomic mass is 9.97. The highest BCUT2D eigenvalue weighted by molar-refractivity contribution is 5.92. The molecule has 3 unspecified atom stereocenters. The molecule has 6 rings (SSSR count). The topological polar surface area (TPSA) is 78.3 Å². The van der Waals surface area contributed by atoms with Gasteiger partial charge < -0.3 is 14.8 Å². The molecule has 0 spiro atoms. The van der Waals surface area contributed by atoms with Crippen molar-refractivity contribution in [1.29, 1.82) is 0 Å². The number of nitrogens with one attached hydrogen (secondary N) is 1. The summed E-state index contributed by atoms with van der Waals surface area (Å²) in [6.45, 7) is 3.54. The summed E-state index contributed by atoms with van der Waals surface area (Å²) in [4.78, 5) is 17.2. The molecule has 0 bridgehead atoms. The fraction of sp³-hybridized carbons (Fsp3) is 0.500. The molecule has 3 aromatic rings. The van der Waals surface area contributed by atoms with E-state index >= 15 is 0 Å². The fourth-order valence-electron chi connectivity index (χ4n) is 6.04. The van der Waals surface area contributed by atoms with Gasteiger partial charge in [0.2, 0.25) is 5.91 Å². The van der Waals surface area contributed by atoms with Gasteiger partial charge in [-0.3, -0.25) is 14.5 Å². The minimum absolute atomic E-state index is 0.0546. The van der Waals surface area contributed by atoms with Crippen LogP contribution in [0.5, 0.6) is 5.75 Å². The van der Waals surface area contributed by atoms with Gasteiger partial charge in [-0.2, -0.15) is 5.10 Å². The highest BCUT2D eigenvalue weighted by Crippen LogP contribution is 2.61. The number of amides is 1. The van der Waals surface area contributed by atoms with Crippen LogP contribution in [0, 0.1) is 29.5 Å². The third-order valence-corrected chi connectivity index (χ3v) is 7.85. The lowest BCUT2D eigenvalue weighted by Gasteiger charge is -2.22. The van der Waals surface area contributed by atoms with Crippen molar-refractivity contribution < 1.29 is 18.7 Å². The van der Waals surface area contributed by atoms with Gasteiger partial charge in [0.1, 0.15) is 11.6 Å². The number of fused-ring (bicyclic) bond motifs is 2. The zero-order chi connectivity index (χ0) is 23.2. The van der Waals surface area contributed by atoms with Crippen molar-refractivity contribution in [3.05, 3.63) is 48.7 Å². The molecule has 1 N–H and O–H groups in total. The zero-order valence-electron chi connectivity index (χ0n) is 19.2. The predicted molar refractivity (Wildman–Crippen MR) is 125 cm³/mol. The second-order valence-electron chi connectivity index (χ2n) is 9.92. The van der Waals surface area contributed by atoms with E-state index in [4.69, 9.17) is 9.47 Å². The number of anilines is 1. The van der Waals surface area contributed by atoms with Gasteiger partial charge in [0.25, 0.3) is 0 Å². The maximum atomic E-state index is 13.7. The smallest absolute Gasteiger partial charge is 0.227 e. The van der Waals surface area contributed by atoms with Gasteiger partial charge in [-0.25, -0.2) is 4.39 Å². The molecule has 0 radical (unpaired) electrons. The van der Waals surface area contributed by atoms with E-state index in [0.29, 0.717) is 34.9 Å². The first-order valence-corrected chi connectivity index (χ1v) is 12.2. The Morgan fingerprint density at radius 1 is 1.24 bits per heavy atom. The van der Waals surface area contributed by atoms with Crippen LogP contribution in [-0.2, 0) is 9.53 Å². The molecule has 8 heteroatoms. The second kappa shape index (κ2) is 8.65. The number of hydrogen-bond donors (Lipinski definition) is 1. The number of hydrogen-bond acceptors (Lipinski definition) is 5. The Morgan fingerprint density at radius 3 is 2.82 bits per heavy atom. The van der Waals surface area contributed by atoms with Crippen LogP contribution >= 0.6 is 0 Å². The molecular formula is C26H29FN4O3. The molecule has 1 aliphatic heterocycles. The van der Waals surface area contributed by atoms with E-state index in [1.807, 2.05) is 17.8 Å². The number of rotatable bonds is 6. The predicted octanol–water partition coefficient (Wildman–Crippen LogP) is 4.60. The summed E-state index contributed by atoms with van der Waals surface area (Å²) >= 11 is 0. The highest BCUT2D eigenvalue weighted by atomic mass is 19.1. The number of benzene rings is 1. The molecule has 2 aromatic heterocycles. The molecule has 7 nitrogen and oxygen atoms in total. The molecule has 1 amide bonds. The van der Waals surface area contributed by atoms with Gasteiger partial charge >= 0.3 is 0 Å². The quantitative estimate of drug-likeness (QED) is 0.577. The van der Waals surface area contributed by atoms with Crippen molar-refractivity contribution in [2.75, 3.05) is 18.5 Å². The molecule has 1 saturated heterocycles. The van der Waals surface area contributed by atoms with Crippen molar-refractivity contribution in [2.45, 2.75) is 44.8 Å². The first kappa shape index (κ1) is 21.5. The Hall–Kier alpha value is -3.00. The van der Waals surface area contributed by atoms with Crippen molar-refractivity contribution in [3.8, 4) is 5.75 Å². The van der Waals surface area contributed by atoms with Crippen LogP contribution in [0.25, 0.3) is 10.9 Å². The third-order valence-electron chi connectivity index (χ3n) is 7.85. The van der Waals surface area contributed by atoms with Crippen LogP contribution in [0.3, 0.4) is 0 Å². The van der Waals surface area contributed by atoms with Gasteiger partial charge in [0.15, 0.2) is 0 Å². The van der Waals surface area contributed by atoms with Crippen LogP contribution in [0.15, 0.2) is 42.9 Å². The molecule has 2 aliphatic carbocycles. The van der Waals surface area contributed by atoms with Gasteiger partial charge in [-0.15, -0.1) is 0 Å². The number of ether oxygens (including phenoxy) is 2. The molecule has 3 aliphatic rings. The van der Waals surface area contributed by atoms with Crippen LogP contribution < -0.4 is 10.1 Å². The van der Waals surface area contributed by atoms with E-state index < -0.39 is 0 Å². The van der Waals surface area contributed by atoms with Crippen molar-refractivity contribution in [1.82, 2.24) is 14.8 Å². The molecule has 3 fully saturated rings. The van der Waals surface area contributed by atoms with Crippen LogP contribution in [0.2, 0.25) is 0 Å². The number of carbonyl (C=O) groups is 1. The SMILES string of the molecule is CC(C(=O)Nc1cnn(C2CCOCC2)c1)C1C2CC(Oc3ccnc4ccc(F)cc34)CC21. The van der Waals surface area contributed by atoms with Crippen LogP contribution in [0.1, 0.15) is 38.6 Å². The van der Waals surface area contributed by atoms with Gasteiger partial charge in [0.05, 0.1) is 29.5 Å². The summed E-state index contributed by atoms with van der Waals surface area (Å²) in [5.74, 6) is 1.77. The molecule has 3 atom stereocenters. The number of pyridine rings is 1. The summed E-state index contributed by atoms with van der Waals surface area (Å²) in [7, 11) is 0. The zero-order valence-corrected chi connectivity index (χ0v) is 19.2. The summed E-state index contributed by atoms with van der Waals surface area (Å²) in [5, 5.41) is 8.21. The van der Waals surface area contributed by atoms with E-state index in [1.165, 1.54) is 12.1 Å². The molecular weight excluding hydrogens is 435 g/mol. The number of nitrogens with zero attached hydrogens (tertiary/aromatic N) is 3. The monoisotopic (exact) mass is 464 g/mol. The normalized spacial score (nSPS) is 27.4. The van der Waals surface area contributed by atoms with E-state index in [-0.39, 0.29) is 23.7 Å². The van der Waals surface area contributed by atoms with Crippen LogP contribution in [-0.4, -0.2) is 40.0 Å². The fourth-order valence-corrected chi connectivity index (χ4v) is 6.04. The van der Waals surface area contributed by atoms with Gasteiger partial charge in [0, 0.05) is 36.9 Å². The van der Waals surface area contributed by atoms with Crippen molar-refractivity contribution in [2.24, 2.45) is 23.7 Å². The second-order valence-corrected chi connectivity index (χ2v) is 9.92. The van der Waals surface area contributed by atoms with E-state index in [2.05, 4.69) is 15.4 Å². The number of carbonyl (C=O) groups excluding carboxylic acids is 1.